The van der Waals surface area contributed by atoms with E-state index >= 15 is 0 Å². The van der Waals surface area contributed by atoms with Gasteiger partial charge in [-0.15, -0.1) is 0 Å². The van der Waals surface area contributed by atoms with Crippen LogP contribution in [0.3, 0.4) is 0 Å². The van der Waals surface area contributed by atoms with Crippen molar-refractivity contribution in [1.29, 1.82) is 0 Å². The molecule has 4 rings (SSSR count). The van der Waals surface area contributed by atoms with E-state index < -0.39 is 22.5 Å². The van der Waals surface area contributed by atoms with Crippen LogP contribution in [-0.2, 0) is 14.8 Å². The van der Waals surface area contributed by atoms with Gasteiger partial charge in [-0.3, -0.25) is 9.10 Å². The fraction of sp³-hybridized carbons (Fsp3) is 0.150. The Morgan fingerprint density at radius 3 is 2.39 bits per heavy atom. The van der Waals surface area contributed by atoms with Crippen molar-refractivity contribution in [3.63, 3.8) is 0 Å². The van der Waals surface area contributed by atoms with Gasteiger partial charge in [-0.2, -0.15) is 0 Å². The van der Waals surface area contributed by atoms with Gasteiger partial charge in [0.1, 0.15) is 19.8 Å². The largest absolute Gasteiger partial charge is 0.486 e. The van der Waals surface area contributed by atoms with Crippen molar-refractivity contribution in [3.8, 4) is 11.5 Å². The predicted octanol–water partition coefficient (Wildman–Crippen LogP) is 2.89. The lowest BCUT2D eigenvalue weighted by atomic mass is 10.1. The number of hydrogen-bond donors (Lipinski definition) is 1. The van der Waals surface area contributed by atoms with Gasteiger partial charge in [0.2, 0.25) is 0 Å². The molecule has 1 aliphatic heterocycles. The Kier molecular flexibility index (Phi) is 4.56. The summed E-state index contributed by atoms with van der Waals surface area (Å²) in [7, 11) is -4.11. The number of carbonyl (C=O) groups is 1. The SMILES string of the molecule is O=C(O)CN(c1ccc2c(c1)OCCO2)S(=O)(=O)c1ccc2ccccc2c1. The molecule has 28 heavy (non-hydrogen) atoms. The summed E-state index contributed by atoms with van der Waals surface area (Å²) >= 11 is 0. The molecule has 1 N–H and O–H groups in total. The number of aliphatic carboxylic acids is 1. The molecule has 0 aromatic heterocycles. The molecule has 7 nitrogen and oxygen atoms in total. The van der Waals surface area contributed by atoms with E-state index in [1.165, 1.54) is 24.3 Å². The van der Waals surface area contributed by atoms with Gasteiger partial charge in [-0.05, 0) is 35.0 Å². The Bertz CT molecular complexity index is 1160. The molecule has 0 amide bonds. The van der Waals surface area contributed by atoms with Gasteiger partial charge in [0.05, 0.1) is 10.6 Å². The van der Waals surface area contributed by atoms with Crippen LogP contribution in [-0.4, -0.2) is 39.3 Å². The molecule has 3 aromatic carbocycles. The Morgan fingerprint density at radius 1 is 0.929 bits per heavy atom. The Balaban J connectivity index is 1.80. The minimum Gasteiger partial charge on any atom is -0.486 e. The van der Waals surface area contributed by atoms with E-state index in [1.54, 1.807) is 18.2 Å². The van der Waals surface area contributed by atoms with Gasteiger partial charge in [-0.1, -0.05) is 30.3 Å². The summed E-state index contributed by atoms with van der Waals surface area (Å²) < 4.78 is 38.3. The lowest BCUT2D eigenvalue weighted by Crippen LogP contribution is -2.35. The summed E-state index contributed by atoms with van der Waals surface area (Å²) in [5.41, 5.74) is 0.194. The first-order chi connectivity index (χ1) is 13.4. The summed E-state index contributed by atoms with van der Waals surface area (Å²) in [6.07, 6.45) is 0. The van der Waals surface area contributed by atoms with Crippen LogP contribution in [0.15, 0.2) is 65.6 Å². The second-order valence-corrected chi connectivity index (χ2v) is 8.10. The number of carboxylic acids is 1. The highest BCUT2D eigenvalue weighted by atomic mass is 32.2. The van der Waals surface area contributed by atoms with Crippen molar-refractivity contribution >= 4 is 32.5 Å². The third-order valence-electron chi connectivity index (χ3n) is 4.40. The molecule has 1 aliphatic rings. The van der Waals surface area contributed by atoms with E-state index in [-0.39, 0.29) is 10.6 Å². The van der Waals surface area contributed by atoms with E-state index in [0.29, 0.717) is 24.7 Å². The van der Waals surface area contributed by atoms with Crippen LogP contribution < -0.4 is 13.8 Å². The summed E-state index contributed by atoms with van der Waals surface area (Å²) in [6, 6.07) is 16.6. The molecule has 0 unspecified atom stereocenters. The first-order valence-electron chi connectivity index (χ1n) is 8.58. The minimum atomic E-state index is -4.11. The second-order valence-electron chi connectivity index (χ2n) is 6.24. The lowest BCUT2D eigenvalue weighted by Gasteiger charge is -2.25. The summed E-state index contributed by atoms with van der Waals surface area (Å²) in [6.45, 7) is 0.0299. The lowest BCUT2D eigenvalue weighted by molar-refractivity contribution is -0.135. The quantitative estimate of drug-likeness (QED) is 0.709. The molecule has 0 saturated heterocycles. The molecule has 0 fully saturated rings. The number of ether oxygens (including phenoxy) is 2. The predicted molar refractivity (Wildman–Crippen MR) is 104 cm³/mol. The minimum absolute atomic E-state index is 0.0161. The third kappa shape index (κ3) is 3.34. The molecule has 0 spiro atoms. The standard InChI is InChI=1S/C20H17NO6S/c22-20(23)13-21(16-6-8-18-19(12-16)27-10-9-26-18)28(24,25)17-7-5-14-3-1-2-4-15(14)11-17/h1-8,11-12H,9-10,13H2,(H,22,23). The maximum absolute atomic E-state index is 13.3. The molecular formula is C20H17NO6S. The van der Waals surface area contributed by atoms with Crippen LogP contribution in [0.2, 0.25) is 0 Å². The average Bonchev–Trinajstić information content (AvgIpc) is 2.71. The van der Waals surface area contributed by atoms with E-state index in [2.05, 4.69) is 0 Å². The van der Waals surface area contributed by atoms with E-state index in [9.17, 15) is 18.3 Å². The van der Waals surface area contributed by atoms with Crippen LogP contribution in [0.4, 0.5) is 5.69 Å². The Morgan fingerprint density at radius 2 is 1.64 bits per heavy atom. The highest BCUT2D eigenvalue weighted by Gasteiger charge is 2.28. The zero-order chi connectivity index (χ0) is 19.7. The van der Waals surface area contributed by atoms with Gasteiger partial charge in [-0.25, -0.2) is 8.42 Å². The summed E-state index contributed by atoms with van der Waals surface area (Å²) in [4.78, 5) is 11.4. The first kappa shape index (κ1) is 18.1. The van der Waals surface area contributed by atoms with Gasteiger partial charge in [0.15, 0.2) is 11.5 Å². The molecule has 0 radical (unpaired) electrons. The van der Waals surface area contributed by atoms with Crippen LogP contribution in [0.1, 0.15) is 0 Å². The molecular weight excluding hydrogens is 382 g/mol. The monoisotopic (exact) mass is 399 g/mol. The smallest absolute Gasteiger partial charge is 0.324 e. The van der Waals surface area contributed by atoms with Gasteiger partial charge in [0, 0.05) is 6.07 Å². The van der Waals surface area contributed by atoms with Crippen LogP contribution >= 0.6 is 0 Å². The number of nitrogens with zero attached hydrogens (tertiary/aromatic N) is 1. The normalized spacial score (nSPS) is 13.3. The Labute approximate surface area is 161 Å². The van der Waals surface area contributed by atoms with Crippen molar-refractivity contribution in [2.45, 2.75) is 4.90 Å². The number of sulfonamides is 1. The first-order valence-corrected chi connectivity index (χ1v) is 10.0. The van der Waals surface area contributed by atoms with E-state index in [4.69, 9.17) is 9.47 Å². The van der Waals surface area contributed by atoms with Crippen molar-refractivity contribution in [2.24, 2.45) is 0 Å². The van der Waals surface area contributed by atoms with Gasteiger partial charge in [0.25, 0.3) is 10.0 Å². The zero-order valence-corrected chi connectivity index (χ0v) is 15.6. The van der Waals surface area contributed by atoms with Crippen molar-refractivity contribution < 1.29 is 27.8 Å². The fourth-order valence-corrected chi connectivity index (χ4v) is 4.52. The second kappa shape index (κ2) is 7.05. The molecule has 3 aromatic rings. The van der Waals surface area contributed by atoms with E-state index in [1.807, 2.05) is 18.2 Å². The molecule has 0 saturated carbocycles. The molecule has 0 bridgehead atoms. The highest BCUT2D eigenvalue weighted by molar-refractivity contribution is 7.92. The molecule has 8 heteroatoms. The molecule has 1 heterocycles. The fourth-order valence-electron chi connectivity index (χ4n) is 3.08. The highest BCUT2D eigenvalue weighted by Crippen LogP contribution is 2.36. The molecule has 144 valence electrons. The van der Waals surface area contributed by atoms with E-state index in [0.717, 1.165) is 15.1 Å². The van der Waals surface area contributed by atoms with Crippen molar-refractivity contribution in [1.82, 2.24) is 0 Å². The van der Waals surface area contributed by atoms with Gasteiger partial charge >= 0.3 is 5.97 Å². The topological polar surface area (TPSA) is 93.1 Å². The van der Waals surface area contributed by atoms with Crippen LogP contribution in [0.5, 0.6) is 11.5 Å². The van der Waals surface area contributed by atoms with Crippen LogP contribution in [0, 0.1) is 0 Å². The number of fused-ring (bicyclic) bond motifs is 2. The molecule has 0 aliphatic carbocycles. The molecule has 0 atom stereocenters. The number of rotatable bonds is 5. The number of anilines is 1. The maximum atomic E-state index is 13.3. The summed E-state index contributed by atoms with van der Waals surface area (Å²) in [5.74, 6) is -0.388. The number of benzene rings is 3. The number of hydrogen-bond acceptors (Lipinski definition) is 5. The summed E-state index contributed by atoms with van der Waals surface area (Å²) in [5, 5.41) is 10.9. The zero-order valence-electron chi connectivity index (χ0n) is 14.7. The third-order valence-corrected chi connectivity index (χ3v) is 6.17. The maximum Gasteiger partial charge on any atom is 0.324 e. The van der Waals surface area contributed by atoms with Crippen LogP contribution in [0.25, 0.3) is 10.8 Å². The van der Waals surface area contributed by atoms with Gasteiger partial charge < -0.3 is 14.6 Å². The number of carboxylic acid groups (broad SMARTS) is 1. The Hall–Kier alpha value is -3.26. The van der Waals surface area contributed by atoms with Crippen molar-refractivity contribution in [2.75, 3.05) is 24.1 Å². The van der Waals surface area contributed by atoms with Crippen molar-refractivity contribution in [3.05, 3.63) is 60.7 Å². The average molecular weight is 399 g/mol.